The van der Waals surface area contributed by atoms with Gasteiger partial charge < -0.3 is 0 Å². The average molecular weight is 564 g/mol. The molecule has 0 spiro atoms. The zero-order valence-corrected chi connectivity index (χ0v) is 16.5. The number of hydrogen-bond acceptors (Lipinski definition) is 0. The highest BCUT2D eigenvalue weighted by Gasteiger charge is 2.60. The summed E-state index contributed by atoms with van der Waals surface area (Å²) >= 11 is 0. The van der Waals surface area contributed by atoms with Crippen LogP contribution >= 0.6 is 0 Å². The summed E-state index contributed by atoms with van der Waals surface area (Å²) in [6.07, 6.45) is -6.78. The topological polar surface area (TPSA) is 0 Å². The molecule has 3 aromatic carbocycles. The van der Waals surface area contributed by atoms with Gasteiger partial charge in [0.2, 0.25) is 5.82 Å². The number of halogens is 17. The van der Waals surface area contributed by atoms with Gasteiger partial charge in [0, 0.05) is 16.7 Å². The van der Waals surface area contributed by atoms with E-state index in [0.29, 0.717) is 0 Å². The fraction of sp³-hybridized carbons (Fsp3) is 0.100. The highest BCUT2D eigenvalue weighted by Crippen LogP contribution is 2.49. The van der Waals surface area contributed by atoms with E-state index < -0.39 is 116 Å². The van der Waals surface area contributed by atoms with Crippen molar-refractivity contribution in [2.75, 3.05) is 0 Å². The Labute approximate surface area is 191 Å². The fourth-order valence-electron chi connectivity index (χ4n) is 3.11. The van der Waals surface area contributed by atoms with E-state index in [4.69, 9.17) is 0 Å². The van der Waals surface area contributed by atoms with Crippen LogP contribution < -0.4 is 0 Å². The summed E-state index contributed by atoms with van der Waals surface area (Å²) in [6.45, 7) is 0. The molecule has 0 saturated heterocycles. The first-order valence-electron chi connectivity index (χ1n) is 8.79. The van der Waals surface area contributed by atoms with Gasteiger partial charge in [0.05, 0.1) is 11.1 Å². The third kappa shape index (κ3) is 3.94. The number of hydrogen-bond donors (Lipinski definition) is 0. The number of alkyl halides is 5. The molecule has 0 amide bonds. The average Bonchev–Trinajstić information content (AvgIpc) is 2.81. The van der Waals surface area contributed by atoms with Crippen molar-refractivity contribution in [2.24, 2.45) is 0 Å². The Kier molecular flexibility index (Phi) is 6.67. The third-order valence-electron chi connectivity index (χ3n) is 4.84. The lowest BCUT2D eigenvalue weighted by molar-refractivity contribution is -0.290. The normalized spacial score (nSPS) is 12.5. The molecule has 0 aromatic heterocycles. The maximum atomic E-state index is 14.6. The Morgan fingerprint density at radius 2 is 0.676 bits per heavy atom. The zero-order chi connectivity index (χ0) is 28.5. The highest BCUT2D eigenvalue weighted by atomic mass is 19.4. The minimum Gasteiger partial charge on any atom is -0.203 e. The van der Waals surface area contributed by atoms with Crippen molar-refractivity contribution in [3.8, 4) is 22.3 Å². The van der Waals surface area contributed by atoms with E-state index in [2.05, 4.69) is 0 Å². The van der Waals surface area contributed by atoms with Gasteiger partial charge in [-0.2, -0.15) is 22.0 Å². The summed E-state index contributed by atoms with van der Waals surface area (Å²) < 4.78 is 234. The maximum Gasteiger partial charge on any atom is 0.458 e. The van der Waals surface area contributed by atoms with Crippen molar-refractivity contribution < 1.29 is 74.6 Å². The highest BCUT2D eigenvalue weighted by molar-refractivity contribution is 5.86. The van der Waals surface area contributed by atoms with Crippen LogP contribution in [0.3, 0.4) is 0 Å². The van der Waals surface area contributed by atoms with Crippen LogP contribution in [0.25, 0.3) is 22.3 Å². The van der Waals surface area contributed by atoms with Crippen molar-refractivity contribution in [3.05, 3.63) is 81.4 Å². The Morgan fingerprint density at radius 3 is 1.08 bits per heavy atom. The van der Waals surface area contributed by atoms with E-state index in [0.717, 1.165) is 0 Å². The molecule has 0 bridgehead atoms. The van der Waals surface area contributed by atoms with Crippen molar-refractivity contribution >= 4 is 0 Å². The van der Waals surface area contributed by atoms with E-state index in [1.807, 2.05) is 0 Å². The first-order valence-corrected chi connectivity index (χ1v) is 8.79. The number of rotatable bonds is 3. The molecule has 200 valence electrons. The quantitative estimate of drug-likeness (QED) is 0.171. The van der Waals surface area contributed by atoms with E-state index in [1.165, 1.54) is 0 Å². The van der Waals surface area contributed by atoms with Gasteiger partial charge in [0.1, 0.15) is 0 Å². The molecule has 0 radical (unpaired) electrons. The second-order valence-corrected chi connectivity index (χ2v) is 6.94. The van der Waals surface area contributed by atoms with Crippen LogP contribution in [0.4, 0.5) is 74.6 Å². The second kappa shape index (κ2) is 8.79. The Balaban J connectivity index is 2.65. The smallest absolute Gasteiger partial charge is 0.203 e. The van der Waals surface area contributed by atoms with Gasteiger partial charge in [-0.05, 0) is 6.07 Å². The molecule has 0 aliphatic heterocycles. The van der Waals surface area contributed by atoms with E-state index in [-0.39, 0.29) is 0 Å². The van der Waals surface area contributed by atoms with Crippen LogP contribution in [0.5, 0.6) is 0 Å². The minimum absolute atomic E-state index is 1.11. The molecule has 0 heterocycles. The predicted octanol–water partition coefficient (Wildman–Crippen LogP) is 8.34. The molecule has 0 saturated carbocycles. The van der Waals surface area contributed by atoms with Crippen molar-refractivity contribution in [2.45, 2.75) is 12.1 Å². The molecule has 3 aromatic rings. The molecule has 37 heavy (non-hydrogen) atoms. The maximum absolute atomic E-state index is 14.6. The fourth-order valence-corrected chi connectivity index (χ4v) is 3.11. The summed E-state index contributed by atoms with van der Waals surface area (Å²) in [5, 5.41) is 0. The van der Waals surface area contributed by atoms with E-state index in [9.17, 15) is 74.6 Å². The summed E-state index contributed by atoms with van der Waals surface area (Å²) in [5.74, 6) is -43.5. The van der Waals surface area contributed by atoms with Crippen LogP contribution in [-0.2, 0) is 5.92 Å². The molecular formula is C20HF17. The molecule has 17 heteroatoms. The van der Waals surface area contributed by atoms with Crippen LogP contribution in [0.1, 0.15) is 5.56 Å². The van der Waals surface area contributed by atoms with Gasteiger partial charge in [-0.15, -0.1) is 0 Å². The SMILES string of the molecule is Fc1c(-c2c(F)c(F)c(F)c(F)c2-c2c(F)c(F)c(F)c(F)c2F)cc(C(F)(F)C(F)(F)F)c(F)c1F. The van der Waals surface area contributed by atoms with Gasteiger partial charge in [0.25, 0.3) is 0 Å². The summed E-state index contributed by atoms with van der Waals surface area (Å²) in [7, 11) is 0. The van der Waals surface area contributed by atoms with E-state index in [1.54, 1.807) is 0 Å². The standard InChI is InChI=1S/C20HF17/c21-7-2(1-3(8(22)13(7)27)19(33,34)20(35,36)37)4-5(10(24)15(29)14(28)9(4)23)6-11(25)16(30)18(32)17(31)12(6)26/h1H. The third-order valence-corrected chi connectivity index (χ3v) is 4.84. The Hall–Kier alpha value is -3.53. The van der Waals surface area contributed by atoms with Gasteiger partial charge in [-0.3, -0.25) is 0 Å². The van der Waals surface area contributed by atoms with Gasteiger partial charge in [0.15, 0.2) is 64.0 Å². The van der Waals surface area contributed by atoms with Crippen molar-refractivity contribution in [1.29, 1.82) is 0 Å². The zero-order valence-electron chi connectivity index (χ0n) is 16.5. The lowest BCUT2D eigenvalue weighted by Crippen LogP contribution is -2.35. The molecular weight excluding hydrogens is 563 g/mol. The first kappa shape index (κ1) is 28.0. The van der Waals surface area contributed by atoms with Crippen molar-refractivity contribution in [1.82, 2.24) is 0 Å². The van der Waals surface area contributed by atoms with Crippen LogP contribution in [-0.4, -0.2) is 6.18 Å². The molecule has 3 rings (SSSR count). The molecule has 0 N–H and O–H groups in total. The summed E-state index contributed by atoms with van der Waals surface area (Å²) in [5.41, 5.74) is -13.7. The molecule has 0 aliphatic rings. The predicted molar refractivity (Wildman–Crippen MR) is 86.8 cm³/mol. The molecule has 0 fully saturated rings. The summed E-state index contributed by atoms with van der Waals surface area (Å²) in [4.78, 5) is 0. The van der Waals surface area contributed by atoms with Crippen LogP contribution in [0.2, 0.25) is 0 Å². The lowest BCUT2D eigenvalue weighted by Gasteiger charge is -2.22. The van der Waals surface area contributed by atoms with Gasteiger partial charge >= 0.3 is 12.1 Å². The van der Waals surface area contributed by atoms with Crippen LogP contribution in [0.15, 0.2) is 6.07 Å². The van der Waals surface area contributed by atoms with Crippen LogP contribution in [0, 0.1) is 69.8 Å². The van der Waals surface area contributed by atoms with Crippen molar-refractivity contribution in [3.63, 3.8) is 0 Å². The van der Waals surface area contributed by atoms with Gasteiger partial charge in [-0.25, -0.2) is 52.7 Å². The Morgan fingerprint density at radius 1 is 0.351 bits per heavy atom. The molecule has 0 unspecified atom stereocenters. The minimum atomic E-state index is -6.78. The monoisotopic (exact) mass is 564 g/mol. The second-order valence-electron chi connectivity index (χ2n) is 6.94. The molecule has 0 nitrogen and oxygen atoms in total. The first-order chi connectivity index (χ1) is 16.8. The van der Waals surface area contributed by atoms with E-state index >= 15 is 0 Å². The lowest BCUT2D eigenvalue weighted by atomic mass is 9.89. The summed E-state index contributed by atoms with van der Waals surface area (Å²) in [6, 6.07) is -1.11. The molecule has 0 aliphatic carbocycles. The molecule has 0 atom stereocenters. The Bertz CT molecular complexity index is 1420. The number of benzene rings is 3. The largest absolute Gasteiger partial charge is 0.458 e. The van der Waals surface area contributed by atoms with Gasteiger partial charge in [-0.1, -0.05) is 0 Å².